The molecule has 0 aromatic heterocycles. The van der Waals surface area contributed by atoms with E-state index in [0.29, 0.717) is 19.6 Å². The SMILES string of the molecule is CC(=O)/C(CN(Cc1ccccc1)Cc1ccccc1)=N\O. The van der Waals surface area contributed by atoms with Gasteiger partial charge in [-0.1, -0.05) is 65.8 Å². The Balaban J connectivity index is 2.14. The van der Waals surface area contributed by atoms with Gasteiger partial charge in [-0.2, -0.15) is 0 Å². The van der Waals surface area contributed by atoms with Crippen LogP contribution in [0.3, 0.4) is 0 Å². The summed E-state index contributed by atoms with van der Waals surface area (Å²) >= 11 is 0. The molecule has 4 nitrogen and oxygen atoms in total. The number of hydrogen-bond donors (Lipinski definition) is 1. The molecule has 0 fully saturated rings. The fourth-order valence-corrected chi connectivity index (χ4v) is 2.28. The van der Waals surface area contributed by atoms with Crippen molar-refractivity contribution in [3.8, 4) is 0 Å². The van der Waals surface area contributed by atoms with Gasteiger partial charge < -0.3 is 5.21 Å². The first-order chi connectivity index (χ1) is 10.7. The number of nitrogens with zero attached hydrogens (tertiary/aromatic N) is 2. The standard InChI is InChI=1S/C18H20N2O2/c1-15(21)18(19-22)14-20(12-16-8-4-2-5-9-16)13-17-10-6-3-7-11-17/h2-11,22H,12-14H2,1H3/b19-18-. The Kier molecular flexibility index (Phi) is 5.86. The summed E-state index contributed by atoms with van der Waals surface area (Å²) in [5.74, 6) is -0.214. The third-order valence-corrected chi connectivity index (χ3v) is 3.40. The van der Waals surface area contributed by atoms with Crippen LogP contribution in [0.1, 0.15) is 18.1 Å². The first kappa shape index (κ1) is 15.9. The van der Waals surface area contributed by atoms with Crippen molar-refractivity contribution in [2.45, 2.75) is 20.0 Å². The molecule has 4 heteroatoms. The molecule has 0 heterocycles. The van der Waals surface area contributed by atoms with Gasteiger partial charge >= 0.3 is 0 Å². The topological polar surface area (TPSA) is 52.9 Å². The van der Waals surface area contributed by atoms with E-state index in [-0.39, 0.29) is 11.5 Å². The van der Waals surface area contributed by atoms with Gasteiger partial charge in [-0.15, -0.1) is 0 Å². The quantitative estimate of drug-likeness (QED) is 0.485. The third-order valence-electron chi connectivity index (χ3n) is 3.40. The van der Waals surface area contributed by atoms with Crippen molar-refractivity contribution in [3.63, 3.8) is 0 Å². The van der Waals surface area contributed by atoms with Gasteiger partial charge in [0.05, 0.1) is 0 Å². The van der Waals surface area contributed by atoms with E-state index < -0.39 is 0 Å². The molecule has 0 unspecified atom stereocenters. The maximum absolute atomic E-state index is 11.5. The Morgan fingerprint density at radius 2 is 1.41 bits per heavy atom. The lowest BCUT2D eigenvalue weighted by Crippen LogP contribution is -2.32. The number of carbonyl (C=O) groups is 1. The highest BCUT2D eigenvalue weighted by Crippen LogP contribution is 2.10. The van der Waals surface area contributed by atoms with Crippen molar-refractivity contribution in [1.82, 2.24) is 4.90 Å². The first-order valence-corrected chi connectivity index (χ1v) is 7.21. The van der Waals surface area contributed by atoms with Crippen LogP contribution in [0, 0.1) is 0 Å². The summed E-state index contributed by atoms with van der Waals surface area (Å²) in [6.07, 6.45) is 0. The lowest BCUT2D eigenvalue weighted by molar-refractivity contribution is -0.111. The number of benzene rings is 2. The molecule has 1 N–H and O–H groups in total. The zero-order valence-electron chi connectivity index (χ0n) is 12.6. The Morgan fingerprint density at radius 1 is 0.955 bits per heavy atom. The van der Waals surface area contributed by atoms with Crippen molar-refractivity contribution in [2.24, 2.45) is 5.16 Å². The molecule has 0 saturated carbocycles. The van der Waals surface area contributed by atoms with Crippen LogP contribution >= 0.6 is 0 Å². The van der Waals surface area contributed by atoms with Crippen LogP contribution in [0.4, 0.5) is 0 Å². The van der Waals surface area contributed by atoms with Crippen molar-refractivity contribution in [3.05, 3.63) is 71.8 Å². The zero-order valence-corrected chi connectivity index (χ0v) is 12.6. The molecule has 0 saturated heterocycles. The minimum Gasteiger partial charge on any atom is -0.411 e. The lowest BCUT2D eigenvalue weighted by atomic mass is 10.1. The number of Topliss-reactive ketones (excluding diaryl/α,β-unsaturated/α-hetero) is 1. The number of rotatable bonds is 7. The van der Waals surface area contributed by atoms with E-state index in [0.717, 1.165) is 11.1 Å². The summed E-state index contributed by atoms with van der Waals surface area (Å²) in [6.45, 7) is 3.10. The summed E-state index contributed by atoms with van der Waals surface area (Å²) < 4.78 is 0. The maximum Gasteiger partial charge on any atom is 0.178 e. The molecule has 2 rings (SSSR count). The van der Waals surface area contributed by atoms with E-state index in [1.807, 2.05) is 60.7 Å². The molecule has 0 aliphatic rings. The normalized spacial score (nSPS) is 11.6. The van der Waals surface area contributed by atoms with E-state index in [1.54, 1.807) is 0 Å². The van der Waals surface area contributed by atoms with E-state index in [2.05, 4.69) is 10.1 Å². The summed E-state index contributed by atoms with van der Waals surface area (Å²) in [5, 5.41) is 12.2. The third kappa shape index (κ3) is 4.82. The smallest absolute Gasteiger partial charge is 0.178 e. The molecular formula is C18H20N2O2. The summed E-state index contributed by atoms with van der Waals surface area (Å²) in [4.78, 5) is 13.6. The summed E-state index contributed by atoms with van der Waals surface area (Å²) in [6, 6.07) is 20.1. The highest BCUT2D eigenvalue weighted by molar-refractivity contribution is 6.39. The van der Waals surface area contributed by atoms with E-state index in [4.69, 9.17) is 5.21 Å². The highest BCUT2D eigenvalue weighted by Gasteiger charge is 2.14. The Bertz CT molecular complexity index is 583. The van der Waals surface area contributed by atoms with Gasteiger partial charge in [0.25, 0.3) is 0 Å². The molecule has 2 aromatic rings. The van der Waals surface area contributed by atoms with Crippen LogP contribution in [-0.2, 0) is 17.9 Å². The predicted molar refractivity (Wildman–Crippen MR) is 86.9 cm³/mol. The zero-order chi connectivity index (χ0) is 15.8. The number of hydrogen-bond acceptors (Lipinski definition) is 4. The van der Waals surface area contributed by atoms with Gasteiger partial charge in [-0.25, -0.2) is 0 Å². The molecule has 0 bridgehead atoms. The van der Waals surface area contributed by atoms with Gasteiger partial charge in [0, 0.05) is 26.6 Å². The van der Waals surface area contributed by atoms with Crippen LogP contribution in [0.25, 0.3) is 0 Å². The maximum atomic E-state index is 11.5. The van der Waals surface area contributed by atoms with Crippen molar-refractivity contribution >= 4 is 11.5 Å². The first-order valence-electron chi connectivity index (χ1n) is 7.21. The number of carbonyl (C=O) groups excluding carboxylic acids is 1. The Labute approximate surface area is 130 Å². The molecule has 0 aliphatic carbocycles. The molecule has 22 heavy (non-hydrogen) atoms. The van der Waals surface area contributed by atoms with E-state index in [9.17, 15) is 4.79 Å². The predicted octanol–water partition coefficient (Wildman–Crippen LogP) is 3.11. The molecule has 114 valence electrons. The van der Waals surface area contributed by atoms with Crippen LogP contribution in [-0.4, -0.2) is 28.1 Å². The van der Waals surface area contributed by atoms with Crippen LogP contribution in [0.5, 0.6) is 0 Å². The molecule has 0 spiro atoms. The van der Waals surface area contributed by atoms with Gasteiger partial charge in [0.15, 0.2) is 5.78 Å². The average molecular weight is 296 g/mol. The Morgan fingerprint density at radius 3 is 1.77 bits per heavy atom. The average Bonchev–Trinajstić information content (AvgIpc) is 2.54. The number of oxime groups is 1. The Hall–Kier alpha value is -2.46. The lowest BCUT2D eigenvalue weighted by Gasteiger charge is -2.22. The second kappa shape index (κ2) is 8.10. The molecule has 2 aromatic carbocycles. The summed E-state index contributed by atoms with van der Waals surface area (Å²) in [7, 11) is 0. The van der Waals surface area contributed by atoms with Crippen molar-refractivity contribution in [1.29, 1.82) is 0 Å². The minimum atomic E-state index is -0.214. The van der Waals surface area contributed by atoms with Crippen LogP contribution in [0.15, 0.2) is 65.8 Å². The largest absolute Gasteiger partial charge is 0.411 e. The second-order valence-electron chi connectivity index (χ2n) is 5.22. The van der Waals surface area contributed by atoms with Crippen molar-refractivity contribution in [2.75, 3.05) is 6.54 Å². The van der Waals surface area contributed by atoms with E-state index >= 15 is 0 Å². The van der Waals surface area contributed by atoms with Crippen LogP contribution < -0.4 is 0 Å². The molecule has 0 atom stereocenters. The van der Waals surface area contributed by atoms with Gasteiger partial charge in [0.2, 0.25) is 0 Å². The summed E-state index contributed by atoms with van der Waals surface area (Å²) in [5.41, 5.74) is 2.48. The highest BCUT2D eigenvalue weighted by atomic mass is 16.4. The molecule has 0 radical (unpaired) electrons. The minimum absolute atomic E-state index is 0.173. The monoisotopic (exact) mass is 296 g/mol. The second-order valence-corrected chi connectivity index (χ2v) is 5.22. The fourth-order valence-electron chi connectivity index (χ4n) is 2.28. The molecule has 0 aliphatic heterocycles. The van der Waals surface area contributed by atoms with Gasteiger partial charge in [-0.3, -0.25) is 9.69 Å². The van der Waals surface area contributed by atoms with Crippen molar-refractivity contribution < 1.29 is 10.0 Å². The van der Waals surface area contributed by atoms with E-state index in [1.165, 1.54) is 6.92 Å². The molecular weight excluding hydrogens is 276 g/mol. The van der Waals surface area contributed by atoms with Crippen LogP contribution in [0.2, 0.25) is 0 Å². The molecule has 0 amide bonds. The fraction of sp³-hybridized carbons (Fsp3) is 0.222. The van der Waals surface area contributed by atoms with Gasteiger partial charge in [-0.05, 0) is 11.1 Å². The van der Waals surface area contributed by atoms with Gasteiger partial charge in [0.1, 0.15) is 5.71 Å². The number of ketones is 1.